The van der Waals surface area contributed by atoms with Gasteiger partial charge in [-0.05, 0) is 12.8 Å². The fourth-order valence-corrected chi connectivity index (χ4v) is 2.11. The maximum atomic E-state index is 13.1. The SMILES string of the molecule is O=c1[nH]c(=O)n(CCOC2CCCC2)c(O)c1F. The normalized spacial score (nSPS) is 16.3. The van der Waals surface area contributed by atoms with Gasteiger partial charge in [-0.2, -0.15) is 4.39 Å². The molecule has 0 aromatic carbocycles. The van der Waals surface area contributed by atoms with E-state index in [0.29, 0.717) is 0 Å². The highest BCUT2D eigenvalue weighted by atomic mass is 19.1. The van der Waals surface area contributed by atoms with Crippen LogP contribution in [0.1, 0.15) is 25.7 Å². The summed E-state index contributed by atoms with van der Waals surface area (Å²) in [5, 5.41) is 9.36. The molecule has 0 saturated heterocycles. The van der Waals surface area contributed by atoms with Gasteiger partial charge >= 0.3 is 5.69 Å². The van der Waals surface area contributed by atoms with Gasteiger partial charge in [-0.25, -0.2) is 4.79 Å². The topological polar surface area (TPSA) is 84.3 Å². The van der Waals surface area contributed by atoms with Crippen molar-refractivity contribution in [3.8, 4) is 5.88 Å². The van der Waals surface area contributed by atoms with E-state index in [9.17, 15) is 19.1 Å². The van der Waals surface area contributed by atoms with E-state index in [1.807, 2.05) is 0 Å². The van der Waals surface area contributed by atoms with Crippen molar-refractivity contribution in [3.05, 3.63) is 26.7 Å². The zero-order valence-corrected chi connectivity index (χ0v) is 9.82. The van der Waals surface area contributed by atoms with Crippen LogP contribution in [-0.2, 0) is 11.3 Å². The van der Waals surface area contributed by atoms with E-state index in [2.05, 4.69) is 0 Å². The van der Waals surface area contributed by atoms with Crippen LogP contribution in [0, 0.1) is 5.82 Å². The molecule has 2 rings (SSSR count). The first kappa shape index (κ1) is 12.8. The number of ether oxygens (including phenoxy) is 1. The van der Waals surface area contributed by atoms with Gasteiger partial charge in [0.2, 0.25) is 11.7 Å². The smallest absolute Gasteiger partial charge is 0.331 e. The van der Waals surface area contributed by atoms with Crippen LogP contribution in [0.5, 0.6) is 5.88 Å². The van der Waals surface area contributed by atoms with Crippen molar-refractivity contribution < 1.29 is 14.2 Å². The standard InChI is InChI=1S/C11H15FN2O4/c12-8-9(15)13-11(17)14(10(8)16)5-6-18-7-3-1-2-4-7/h7,16H,1-6H2,(H,13,15,17). The van der Waals surface area contributed by atoms with E-state index < -0.39 is 22.9 Å². The molecule has 0 bridgehead atoms. The molecule has 18 heavy (non-hydrogen) atoms. The summed E-state index contributed by atoms with van der Waals surface area (Å²) in [5.74, 6) is -2.30. The monoisotopic (exact) mass is 258 g/mol. The van der Waals surface area contributed by atoms with Crippen molar-refractivity contribution >= 4 is 0 Å². The van der Waals surface area contributed by atoms with Gasteiger partial charge in [-0.1, -0.05) is 12.8 Å². The second-order valence-corrected chi connectivity index (χ2v) is 4.33. The number of hydrogen-bond acceptors (Lipinski definition) is 4. The first-order valence-electron chi connectivity index (χ1n) is 5.93. The molecular formula is C11H15FN2O4. The summed E-state index contributed by atoms with van der Waals surface area (Å²) in [7, 11) is 0. The van der Waals surface area contributed by atoms with E-state index in [1.54, 1.807) is 4.98 Å². The van der Waals surface area contributed by atoms with Crippen LogP contribution in [0.4, 0.5) is 4.39 Å². The number of halogens is 1. The average molecular weight is 258 g/mol. The number of aromatic amines is 1. The zero-order valence-electron chi connectivity index (χ0n) is 9.82. The second kappa shape index (κ2) is 5.34. The summed E-state index contributed by atoms with van der Waals surface area (Å²) in [5.41, 5.74) is -2.06. The van der Waals surface area contributed by atoms with Gasteiger partial charge in [0, 0.05) is 0 Å². The lowest BCUT2D eigenvalue weighted by Crippen LogP contribution is -2.33. The van der Waals surface area contributed by atoms with Crippen molar-refractivity contribution in [1.82, 2.24) is 9.55 Å². The summed E-state index contributed by atoms with van der Waals surface area (Å²) >= 11 is 0. The van der Waals surface area contributed by atoms with Gasteiger partial charge in [0.15, 0.2) is 0 Å². The molecule has 1 aliphatic carbocycles. The third-order valence-electron chi connectivity index (χ3n) is 3.09. The van der Waals surface area contributed by atoms with Gasteiger partial charge < -0.3 is 9.84 Å². The van der Waals surface area contributed by atoms with Crippen molar-refractivity contribution in [2.24, 2.45) is 0 Å². The lowest BCUT2D eigenvalue weighted by atomic mass is 10.3. The molecule has 1 fully saturated rings. The fourth-order valence-electron chi connectivity index (χ4n) is 2.11. The predicted octanol–water partition coefficient (Wildman–Crippen LogP) is 0.340. The van der Waals surface area contributed by atoms with Gasteiger partial charge in [0.1, 0.15) is 0 Å². The average Bonchev–Trinajstić information content (AvgIpc) is 2.84. The largest absolute Gasteiger partial charge is 0.492 e. The van der Waals surface area contributed by atoms with E-state index in [-0.39, 0.29) is 19.3 Å². The Morgan fingerprint density at radius 3 is 2.72 bits per heavy atom. The molecule has 7 heteroatoms. The summed E-state index contributed by atoms with van der Waals surface area (Å²) in [6.07, 6.45) is 4.41. The second-order valence-electron chi connectivity index (χ2n) is 4.33. The van der Waals surface area contributed by atoms with E-state index in [4.69, 9.17) is 4.74 Å². The van der Waals surface area contributed by atoms with E-state index >= 15 is 0 Å². The summed E-state index contributed by atoms with van der Waals surface area (Å²) in [6, 6.07) is 0. The minimum atomic E-state index is -1.35. The molecule has 0 unspecified atom stereocenters. The molecule has 1 heterocycles. The van der Waals surface area contributed by atoms with Gasteiger partial charge in [-0.3, -0.25) is 14.3 Å². The summed E-state index contributed by atoms with van der Waals surface area (Å²) in [4.78, 5) is 24.0. The summed E-state index contributed by atoms with van der Waals surface area (Å²) < 4.78 is 19.4. The van der Waals surface area contributed by atoms with Gasteiger partial charge in [0.05, 0.1) is 19.3 Å². The lowest BCUT2D eigenvalue weighted by molar-refractivity contribution is 0.0510. The number of nitrogens with zero attached hydrogens (tertiary/aromatic N) is 1. The van der Waals surface area contributed by atoms with Crippen LogP contribution in [0.15, 0.2) is 9.59 Å². The Morgan fingerprint density at radius 1 is 1.39 bits per heavy atom. The van der Waals surface area contributed by atoms with Gasteiger partial charge in [0.25, 0.3) is 5.56 Å². The Hall–Kier alpha value is -1.63. The Kier molecular flexibility index (Phi) is 3.81. The summed E-state index contributed by atoms with van der Waals surface area (Å²) in [6.45, 7) is 0.207. The highest BCUT2D eigenvalue weighted by molar-refractivity contribution is 5.09. The Balaban J connectivity index is 2.03. The zero-order chi connectivity index (χ0) is 13.1. The number of H-pyrrole nitrogens is 1. The molecule has 6 nitrogen and oxygen atoms in total. The van der Waals surface area contributed by atoms with E-state index in [1.165, 1.54) is 0 Å². The van der Waals surface area contributed by atoms with Crippen LogP contribution in [0.3, 0.4) is 0 Å². The van der Waals surface area contributed by atoms with Crippen LogP contribution in [0.2, 0.25) is 0 Å². The predicted molar refractivity (Wildman–Crippen MR) is 61.2 cm³/mol. The van der Waals surface area contributed by atoms with Crippen molar-refractivity contribution in [1.29, 1.82) is 0 Å². The number of rotatable bonds is 4. The molecule has 0 aliphatic heterocycles. The number of aromatic nitrogens is 2. The van der Waals surface area contributed by atoms with Crippen molar-refractivity contribution in [2.45, 2.75) is 38.3 Å². The van der Waals surface area contributed by atoms with Crippen molar-refractivity contribution in [3.63, 3.8) is 0 Å². The quantitative estimate of drug-likeness (QED) is 0.815. The highest BCUT2D eigenvalue weighted by Crippen LogP contribution is 2.20. The maximum Gasteiger partial charge on any atom is 0.331 e. The minimum Gasteiger partial charge on any atom is -0.492 e. The number of nitrogens with one attached hydrogen (secondary N) is 1. The Labute approximate surface area is 102 Å². The first-order valence-corrected chi connectivity index (χ1v) is 5.93. The Morgan fingerprint density at radius 2 is 2.06 bits per heavy atom. The molecule has 1 saturated carbocycles. The molecule has 1 aromatic heterocycles. The molecule has 2 N–H and O–H groups in total. The number of aromatic hydroxyl groups is 1. The molecule has 0 spiro atoms. The van der Waals surface area contributed by atoms with Crippen LogP contribution < -0.4 is 11.2 Å². The fraction of sp³-hybridized carbons (Fsp3) is 0.636. The van der Waals surface area contributed by atoms with Crippen LogP contribution in [-0.4, -0.2) is 27.4 Å². The first-order chi connectivity index (χ1) is 8.59. The molecule has 0 atom stereocenters. The van der Waals surface area contributed by atoms with E-state index in [0.717, 1.165) is 30.3 Å². The molecule has 100 valence electrons. The number of hydrogen-bond donors (Lipinski definition) is 2. The Bertz CT molecular complexity index is 531. The van der Waals surface area contributed by atoms with Crippen LogP contribution >= 0.6 is 0 Å². The lowest BCUT2D eigenvalue weighted by Gasteiger charge is -2.12. The molecular weight excluding hydrogens is 243 g/mol. The van der Waals surface area contributed by atoms with Crippen molar-refractivity contribution in [2.75, 3.05) is 6.61 Å². The third kappa shape index (κ3) is 2.61. The minimum absolute atomic E-state index is 0.00880. The molecule has 0 amide bonds. The molecule has 0 radical (unpaired) electrons. The third-order valence-corrected chi connectivity index (χ3v) is 3.09. The highest BCUT2D eigenvalue weighted by Gasteiger charge is 2.17. The maximum absolute atomic E-state index is 13.1. The van der Waals surface area contributed by atoms with Crippen LogP contribution in [0.25, 0.3) is 0 Å². The molecule has 1 aliphatic rings. The molecule has 1 aromatic rings. The van der Waals surface area contributed by atoms with Gasteiger partial charge in [-0.15, -0.1) is 0 Å².